The van der Waals surface area contributed by atoms with E-state index in [1.807, 2.05) is 24.3 Å². The van der Waals surface area contributed by atoms with E-state index in [0.29, 0.717) is 18.7 Å². The van der Waals surface area contributed by atoms with Gasteiger partial charge in [-0.2, -0.15) is 0 Å². The van der Waals surface area contributed by atoms with Crippen LogP contribution >= 0.6 is 11.6 Å². The van der Waals surface area contributed by atoms with Crippen LogP contribution in [0.2, 0.25) is 5.02 Å². The first-order chi connectivity index (χ1) is 13.4. The molecule has 148 valence electrons. The molecule has 1 saturated heterocycles. The maximum absolute atomic E-state index is 12.5. The molecule has 2 aromatic rings. The molecule has 2 aromatic carbocycles. The van der Waals surface area contributed by atoms with Gasteiger partial charge in [-0.15, -0.1) is 0 Å². The molecular formula is C21H23ClN2O4. The molecule has 28 heavy (non-hydrogen) atoms. The van der Waals surface area contributed by atoms with Gasteiger partial charge in [-0.3, -0.25) is 9.69 Å². The third kappa shape index (κ3) is 5.03. The second-order valence-electron chi connectivity index (χ2n) is 6.83. The number of carbonyl (C=O) groups is 2. The minimum absolute atomic E-state index is 0.0700. The number of aryl methyl sites for hydroxylation is 1. The van der Waals surface area contributed by atoms with Crippen molar-refractivity contribution in [1.29, 1.82) is 0 Å². The molecule has 0 atom stereocenters. The number of para-hydroxylation sites is 1. The largest absolute Gasteiger partial charge is 0.483 e. The van der Waals surface area contributed by atoms with Crippen LogP contribution in [-0.2, 0) is 11.3 Å². The van der Waals surface area contributed by atoms with Gasteiger partial charge in [-0.25, -0.2) is 4.79 Å². The topological polar surface area (TPSA) is 70.1 Å². The number of carboxylic acid groups (broad SMARTS) is 1. The second kappa shape index (κ2) is 9.08. The molecule has 1 amide bonds. The Kier molecular flexibility index (Phi) is 6.54. The molecule has 0 aliphatic carbocycles. The maximum Gasteiger partial charge on any atom is 0.339 e. The summed E-state index contributed by atoms with van der Waals surface area (Å²) < 4.78 is 5.58. The summed E-state index contributed by atoms with van der Waals surface area (Å²) in [5.41, 5.74) is 1.95. The summed E-state index contributed by atoms with van der Waals surface area (Å²) in [5, 5.41) is 10.0. The summed E-state index contributed by atoms with van der Waals surface area (Å²) in [7, 11) is 0. The number of hydrogen-bond donors (Lipinski definition) is 1. The highest BCUT2D eigenvalue weighted by Gasteiger charge is 2.22. The standard InChI is InChI=1S/C21H23ClN2O4/c1-15-3-2-4-18(21(26)27)20(15)28-14-19(25)24-11-9-23(10-12-24)13-16-5-7-17(22)8-6-16/h2-8H,9-14H2,1H3,(H,26,27). The van der Waals surface area contributed by atoms with E-state index in [9.17, 15) is 14.7 Å². The first-order valence-electron chi connectivity index (χ1n) is 9.14. The van der Waals surface area contributed by atoms with Gasteiger partial charge in [0, 0.05) is 37.7 Å². The van der Waals surface area contributed by atoms with Crippen LogP contribution in [0.3, 0.4) is 0 Å². The number of benzene rings is 2. The summed E-state index contributed by atoms with van der Waals surface area (Å²) in [6, 6.07) is 12.7. The fourth-order valence-corrected chi connectivity index (χ4v) is 3.37. The number of aromatic carboxylic acids is 1. The highest BCUT2D eigenvalue weighted by molar-refractivity contribution is 6.30. The fourth-order valence-electron chi connectivity index (χ4n) is 3.24. The lowest BCUT2D eigenvalue weighted by Gasteiger charge is -2.34. The summed E-state index contributed by atoms with van der Waals surface area (Å²) in [6.45, 7) is 5.22. The monoisotopic (exact) mass is 402 g/mol. The van der Waals surface area contributed by atoms with E-state index in [-0.39, 0.29) is 23.8 Å². The zero-order valence-corrected chi connectivity index (χ0v) is 16.5. The van der Waals surface area contributed by atoms with Crippen LogP contribution in [-0.4, -0.2) is 59.6 Å². The van der Waals surface area contributed by atoms with E-state index >= 15 is 0 Å². The number of nitrogens with zero attached hydrogens (tertiary/aromatic N) is 2. The highest BCUT2D eigenvalue weighted by Crippen LogP contribution is 2.23. The summed E-state index contributed by atoms with van der Waals surface area (Å²) in [6.07, 6.45) is 0. The number of piperazine rings is 1. The van der Waals surface area contributed by atoms with Gasteiger partial charge in [0.1, 0.15) is 11.3 Å². The number of halogens is 1. The Morgan fingerprint density at radius 2 is 1.75 bits per heavy atom. The van der Waals surface area contributed by atoms with Crippen LogP contribution in [0.4, 0.5) is 0 Å². The molecule has 6 nitrogen and oxygen atoms in total. The lowest BCUT2D eigenvalue weighted by molar-refractivity contribution is -0.135. The van der Waals surface area contributed by atoms with E-state index < -0.39 is 5.97 Å². The smallest absolute Gasteiger partial charge is 0.339 e. The number of amides is 1. The summed E-state index contributed by atoms with van der Waals surface area (Å²) in [5.74, 6) is -0.947. The average Bonchev–Trinajstić information content (AvgIpc) is 2.69. The number of ether oxygens (including phenoxy) is 1. The summed E-state index contributed by atoms with van der Waals surface area (Å²) >= 11 is 5.92. The number of hydrogen-bond acceptors (Lipinski definition) is 4. The van der Waals surface area contributed by atoms with Crippen LogP contribution in [0.5, 0.6) is 5.75 Å². The minimum atomic E-state index is -1.07. The Morgan fingerprint density at radius 3 is 2.39 bits per heavy atom. The Morgan fingerprint density at radius 1 is 1.07 bits per heavy atom. The zero-order chi connectivity index (χ0) is 20.1. The average molecular weight is 403 g/mol. The van der Waals surface area contributed by atoms with Gasteiger partial charge >= 0.3 is 5.97 Å². The Bertz CT molecular complexity index is 846. The van der Waals surface area contributed by atoms with Crippen LogP contribution in [0.25, 0.3) is 0 Å². The highest BCUT2D eigenvalue weighted by atomic mass is 35.5. The van der Waals surface area contributed by atoms with E-state index in [4.69, 9.17) is 16.3 Å². The van der Waals surface area contributed by atoms with E-state index in [1.54, 1.807) is 24.0 Å². The molecule has 0 aromatic heterocycles. The molecule has 1 heterocycles. The molecule has 0 unspecified atom stereocenters. The Labute approximate surface area is 169 Å². The molecule has 3 rings (SSSR count). The van der Waals surface area contributed by atoms with Crippen LogP contribution in [0.1, 0.15) is 21.5 Å². The van der Waals surface area contributed by atoms with Gasteiger partial charge in [0.25, 0.3) is 5.91 Å². The third-order valence-corrected chi connectivity index (χ3v) is 5.08. The van der Waals surface area contributed by atoms with Crippen molar-refractivity contribution in [3.05, 3.63) is 64.2 Å². The number of rotatable bonds is 6. The molecule has 1 aliphatic heterocycles. The zero-order valence-electron chi connectivity index (χ0n) is 15.7. The van der Waals surface area contributed by atoms with Crippen LogP contribution in [0.15, 0.2) is 42.5 Å². The molecule has 1 fully saturated rings. The van der Waals surface area contributed by atoms with Gasteiger partial charge in [-0.05, 0) is 36.2 Å². The first-order valence-corrected chi connectivity index (χ1v) is 9.52. The van der Waals surface area contributed by atoms with Crippen molar-refractivity contribution in [2.45, 2.75) is 13.5 Å². The van der Waals surface area contributed by atoms with Gasteiger partial charge < -0.3 is 14.7 Å². The third-order valence-electron chi connectivity index (χ3n) is 4.83. The van der Waals surface area contributed by atoms with Crippen molar-refractivity contribution >= 4 is 23.5 Å². The van der Waals surface area contributed by atoms with Crippen molar-refractivity contribution in [1.82, 2.24) is 9.80 Å². The minimum Gasteiger partial charge on any atom is -0.483 e. The molecule has 0 radical (unpaired) electrons. The molecule has 0 saturated carbocycles. The number of carbonyl (C=O) groups excluding carboxylic acids is 1. The normalized spacial score (nSPS) is 14.7. The van der Waals surface area contributed by atoms with E-state index in [0.717, 1.165) is 24.7 Å². The Hall–Kier alpha value is -2.57. The fraction of sp³-hybridized carbons (Fsp3) is 0.333. The molecular weight excluding hydrogens is 380 g/mol. The molecule has 0 spiro atoms. The van der Waals surface area contributed by atoms with Crippen molar-refractivity contribution < 1.29 is 19.4 Å². The summed E-state index contributed by atoms with van der Waals surface area (Å²) in [4.78, 5) is 27.9. The van der Waals surface area contributed by atoms with Gasteiger partial charge in [-0.1, -0.05) is 35.9 Å². The predicted octanol–water partition coefficient (Wildman–Crippen LogP) is 3.07. The van der Waals surface area contributed by atoms with E-state index in [2.05, 4.69) is 4.90 Å². The molecule has 1 aliphatic rings. The second-order valence-corrected chi connectivity index (χ2v) is 7.27. The SMILES string of the molecule is Cc1cccc(C(=O)O)c1OCC(=O)N1CCN(Cc2ccc(Cl)cc2)CC1. The van der Waals surface area contributed by atoms with Crippen molar-refractivity contribution in [3.63, 3.8) is 0 Å². The molecule has 1 N–H and O–H groups in total. The van der Waals surface area contributed by atoms with Gasteiger partial charge in [0.2, 0.25) is 0 Å². The molecule has 0 bridgehead atoms. The van der Waals surface area contributed by atoms with Crippen LogP contribution < -0.4 is 4.74 Å². The lowest BCUT2D eigenvalue weighted by atomic mass is 10.1. The van der Waals surface area contributed by atoms with Crippen molar-refractivity contribution in [3.8, 4) is 5.75 Å². The lowest BCUT2D eigenvalue weighted by Crippen LogP contribution is -2.49. The van der Waals surface area contributed by atoms with E-state index in [1.165, 1.54) is 11.6 Å². The first kappa shape index (κ1) is 20.2. The predicted molar refractivity (Wildman–Crippen MR) is 107 cm³/mol. The number of carboxylic acids is 1. The van der Waals surface area contributed by atoms with Crippen molar-refractivity contribution in [2.24, 2.45) is 0 Å². The quantitative estimate of drug-likeness (QED) is 0.804. The Balaban J connectivity index is 1.51. The molecule has 7 heteroatoms. The van der Waals surface area contributed by atoms with Gasteiger partial charge in [0.15, 0.2) is 6.61 Å². The maximum atomic E-state index is 12.5. The van der Waals surface area contributed by atoms with Gasteiger partial charge in [0.05, 0.1) is 0 Å². The van der Waals surface area contributed by atoms with Crippen LogP contribution in [0, 0.1) is 6.92 Å². The van der Waals surface area contributed by atoms with Crippen molar-refractivity contribution in [2.75, 3.05) is 32.8 Å².